The second-order valence-electron chi connectivity index (χ2n) is 5.69. The molecule has 0 aromatic heterocycles. The van der Waals surface area contributed by atoms with Crippen LogP contribution in [0.3, 0.4) is 0 Å². The number of rotatable bonds is 6. The first-order chi connectivity index (χ1) is 9.61. The van der Waals surface area contributed by atoms with Gasteiger partial charge < -0.3 is 10.6 Å². The van der Waals surface area contributed by atoms with E-state index in [1.807, 2.05) is 14.0 Å². The quantitative estimate of drug-likeness (QED) is 0.847. The lowest BCUT2D eigenvalue weighted by atomic mass is 9.77. The average Bonchev–Trinajstić information content (AvgIpc) is 2.37. The van der Waals surface area contributed by atoms with Gasteiger partial charge in [0, 0.05) is 12.5 Å². The predicted octanol–water partition coefficient (Wildman–Crippen LogP) is 3.06. The lowest BCUT2D eigenvalue weighted by Gasteiger charge is -2.35. The molecule has 5 heteroatoms. The van der Waals surface area contributed by atoms with E-state index in [4.69, 9.17) is 0 Å². The largest absolute Gasteiger partial charge is 0.349 e. The van der Waals surface area contributed by atoms with Gasteiger partial charge in [0.05, 0.1) is 6.04 Å². The molecule has 3 nitrogen and oxygen atoms in total. The molecule has 2 unspecified atom stereocenters. The van der Waals surface area contributed by atoms with Crippen molar-refractivity contribution in [1.29, 1.82) is 0 Å². The van der Waals surface area contributed by atoms with E-state index in [0.29, 0.717) is 12.5 Å². The molecule has 0 aliphatic heterocycles. The summed E-state index contributed by atoms with van der Waals surface area (Å²) in [6.07, 6.45) is 3.47. The molecular weight excluding hydrogens is 291 g/mol. The summed E-state index contributed by atoms with van der Waals surface area (Å²) in [6.45, 7) is 2.57. The Kier molecular flexibility index (Phi) is 7.12. The Hall–Kier alpha value is -1.13. The van der Waals surface area contributed by atoms with Crippen molar-refractivity contribution in [3.8, 4) is 0 Å². The number of halogens is 2. The third-order valence-corrected chi connectivity index (χ3v) is 4.11. The van der Waals surface area contributed by atoms with Crippen LogP contribution in [-0.2, 0) is 4.79 Å². The molecule has 2 N–H and O–H groups in total. The molecule has 0 saturated heterocycles. The molecule has 0 heterocycles. The van der Waals surface area contributed by atoms with Gasteiger partial charge in [-0.15, -0.1) is 12.4 Å². The number of hydrogen-bond acceptors (Lipinski definition) is 2. The molecule has 1 aromatic carbocycles. The number of carbonyl (C=O) groups is 1. The highest BCUT2D eigenvalue weighted by Crippen LogP contribution is 2.37. The van der Waals surface area contributed by atoms with Gasteiger partial charge in [0.2, 0.25) is 5.91 Å². The van der Waals surface area contributed by atoms with E-state index in [-0.39, 0.29) is 36.1 Å². The molecule has 1 aliphatic carbocycles. The highest BCUT2D eigenvalue weighted by Gasteiger charge is 2.30. The first-order valence-electron chi connectivity index (χ1n) is 7.32. The average molecular weight is 315 g/mol. The number of benzene rings is 1. The predicted molar refractivity (Wildman–Crippen MR) is 85.0 cm³/mol. The molecule has 1 aliphatic rings. The minimum atomic E-state index is -0.240. The standard InChI is InChI=1S/C16H23FN2O.ClH/c1-11(10-18-2)16(20)19-15(12-4-3-5-12)13-6-8-14(17)9-7-13;/h6-9,11-12,15,18H,3-5,10H2,1-2H3,(H,19,20);1H. The van der Waals surface area contributed by atoms with Crippen molar-refractivity contribution in [2.45, 2.75) is 32.2 Å². The zero-order chi connectivity index (χ0) is 14.5. The Balaban J connectivity index is 0.00000220. The van der Waals surface area contributed by atoms with E-state index in [1.165, 1.54) is 18.6 Å². The van der Waals surface area contributed by atoms with E-state index in [1.54, 1.807) is 12.1 Å². The van der Waals surface area contributed by atoms with E-state index in [2.05, 4.69) is 10.6 Å². The molecule has 1 amide bonds. The lowest BCUT2D eigenvalue weighted by molar-refractivity contribution is -0.125. The van der Waals surface area contributed by atoms with E-state index < -0.39 is 0 Å². The van der Waals surface area contributed by atoms with Crippen LogP contribution in [0, 0.1) is 17.7 Å². The molecule has 1 aromatic rings. The van der Waals surface area contributed by atoms with Crippen molar-refractivity contribution in [3.05, 3.63) is 35.6 Å². The number of carbonyl (C=O) groups excluding carboxylic acids is 1. The van der Waals surface area contributed by atoms with Gasteiger partial charge >= 0.3 is 0 Å². The summed E-state index contributed by atoms with van der Waals surface area (Å²) in [5, 5.41) is 6.15. The summed E-state index contributed by atoms with van der Waals surface area (Å²) >= 11 is 0. The lowest BCUT2D eigenvalue weighted by Crippen LogP contribution is -2.40. The van der Waals surface area contributed by atoms with Crippen LogP contribution in [0.5, 0.6) is 0 Å². The Morgan fingerprint density at radius 2 is 1.95 bits per heavy atom. The van der Waals surface area contributed by atoms with Gasteiger partial charge in [-0.1, -0.05) is 25.5 Å². The van der Waals surface area contributed by atoms with Crippen LogP contribution in [0.4, 0.5) is 4.39 Å². The second kappa shape index (κ2) is 8.35. The fraction of sp³-hybridized carbons (Fsp3) is 0.562. The number of nitrogens with one attached hydrogen (secondary N) is 2. The van der Waals surface area contributed by atoms with Crippen LogP contribution in [0.25, 0.3) is 0 Å². The zero-order valence-electron chi connectivity index (χ0n) is 12.6. The number of hydrogen-bond donors (Lipinski definition) is 2. The molecular formula is C16H24ClFN2O. The normalized spacial score (nSPS) is 17.3. The van der Waals surface area contributed by atoms with Crippen molar-refractivity contribution in [2.24, 2.45) is 11.8 Å². The third kappa shape index (κ3) is 4.68. The summed E-state index contributed by atoms with van der Waals surface area (Å²) in [7, 11) is 1.84. The van der Waals surface area contributed by atoms with Gasteiger partial charge in [-0.2, -0.15) is 0 Å². The third-order valence-electron chi connectivity index (χ3n) is 4.11. The zero-order valence-corrected chi connectivity index (χ0v) is 13.4. The van der Waals surface area contributed by atoms with Crippen LogP contribution >= 0.6 is 12.4 Å². The van der Waals surface area contributed by atoms with Crippen LogP contribution in [0.2, 0.25) is 0 Å². The molecule has 0 bridgehead atoms. The maximum atomic E-state index is 13.0. The molecule has 21 heavy (non-hydrogen) atoms. The summed E-state index contributed by atoms with van der Waals surface area (Å²) in [5.74, 6) is 0.228. The summed E-state index contributed by atoms with van der Waals surface area (Å²) in [5.41, 5.74) is 1.00. The molecule has 0 radical (unpaired) electrons. The minimum Gasteiger partial charge on any atom is -0.349 e. The van der Waals surface area contributed by atoms with Crippen LogP contribution < -0.4 is 10.6 Å². The SMILES string of the molecule is CNCC(C)C(=O)NC(c1ccc(F)cc1)C1CCC1.Cl. The van der Waals surface area contributed by atoms with Crippen molar-refractivity contribution in [3.63, 3.8) is 0 Å². The molecule has 1 saturated carbocycles. The van der Waals surface area contributed by atoms with Crippen LogP contribution in [0.15, 0.2) is 24.3 Å². The molecule has 1 fully saturated rings. The number of amides is 1. The maximum Gasteiger partial charge on any atom is 0.224 e. The van der Waals surface area contributed by atoms with Gasteiger partial charge in [-0.3, -0.25) is 4.79 Å². The summed E-state index contributed by atoms with van der Waals surface area (Å²) in [6, 6.07) is 6.49. The van der Waals surface area contributed by atoms with Gasteiger partial charge in [0.25, 0.3) is 0 Å². The van der Waals surface area contributed by atoms with Gasteiger partial charge in [-0.05, 0) is 43.5 Å². The maximum absolute atomic E-state index is 13.0. The van der Waals surface area contributed by atoms with Crippen LogP contribution in [0.1, 0.15) is 37.8 Å². The first kappa shape index (κ1) is 17.9. The Morgan fingerprint density at radius 3 is 2.43 bits per heavy atom. The Morgan fingerprint density at radius 1 is 1.33 bits per heavy atom. The highest BCUT2D eigenvalue weighted by molar-refractivity contribution is 5.85. The van der Waals surface area contributed by atoms with E-state index in [0.717, 1.165) is 18.4 Å². The van der Waals surface area contributed by atoms with Gasteiger partial charge in [0.1, 0.15) is 5.82 Å². The fourth-order valence-electron chi connectivity index (χ4n) is 2.61. The molecule has 0 spiro atoms. The Labute approximate surface area is 132 Å². The summed E-state index contributed by atoms with van der Waals surface area (Å²) in [4.78, 5) is 12.2. The highest BCUT2D eigenvalue weighted by atomic mass is 35.5. The molecule has 118 valence electrons. The van der Waals surface area contributed by atoms with Crippen LogP contribution in [-0.4, -0.2) is 19.5 Å². The van der Waals surface area contributed by atoms with Crippen molar-refractivity contribution < 1.29 is 9.18 Å². The topological polar surface area (TPSA) is 41.1 Å². The molecule has 2 rings (SSSR count). The smallest absolute Gasteiger partial charge is 0.224 e. The van der Waals surface area contributed by atoms with Gasteiger partial charge in [0.15, 0.2) is 0 Å². The monoisotopic (exact) mass is 314 g/mol. The second-order valence-corrected chi connectivity index (χ2v) is 5.69. The Bertz CT molecular complexity index is 448. The fourth-order valence-corrected chi connectivity index (χ4v) is 2.61. The first-order valence-corrected chi connectivity index (χ1v) is 7.32. The summed E-state index contributed by atoms with van der Waals surface area (Å²) < 4.78 is 13.0. The minimum absolute atomic E-state index is 0. The van der Waals surface area contributed by atoms with Crippen molar-refractivity contribution in [1.82, 2.24) is 10.6 Å². The van der Waals surface area contributed by atoms with Gasteiger partial charge in [-0.25, -0.2) is 4.39 Å². The van der Waals surface area contributed by atoms with Crippen molar-refractivity contribution in [2.75, 3.05) is 13.6 Å². The van der Waals surface area contributed by atoms with Crippen molar-refractivity contribution >= 4 is 18.3 Å². The van der Waals surface area contributed by atoms with E-state index >= 15 is 0 Å². The molecule has 2 atom stereocenters. The van der Waals surface area contributed by atoms with E-state index in [9.17, 15) is 9.18 Å².